The molecule has 1 aliphatic heterocycles. The third-order valence-corrected chi connectivity index (χ3v) is 4.47. The molecule has 1 fully saturated rings. The third kappa shape index (κ3) is 4.00. The lowest BCUT2D eigenvalue weighted by Crippen LogP contribution is -2.41. The number of piperidine rings is 1. The van der Waals surface area contributed by atoms with Gasteiger partial charge in [0, 0.05) is 44.9 Å². The number of carbonyl (C=O) groups is 1. The van der Waals surface area contributed by atoms with Crippen LogP contribution in [-0.2, 0) is 11.3 Å². The molecule has 0 radical (unpaired) electrons. The molecule has 5 nitrogen and oxygen atoms in total. The summed E-state index contributed by atoms with van der Waals surface area (Å²) in [6, 6.07) is 6.29. The summed E-state index contributed by atoms with van der Waals surface area (Å²) in [5.74, 6) is 0.515. The summed E-state index contributed by atoms with van der Waals surface area (Å²) < 4.78 is 14.8. The number of carbonyl (C=O) groups excluding carboxylic acids is 1. The van der Waals surface area contributed by atoms with E-state index in [1.807, 2.05) is 24.3 Å². The number of hydrogen-bond donors (Lipinski definition) is 0. The van der Waals surface area contributed by atoms with Gasteiger partial charge in [0.25, 0.3) is 0 Å². The van der Waals surface area contributed by atoms with Crippen molar-refractivity contribution in [2.24, 2.45) is 5.92 Å². The first kappa shape index (κ1) is 16.6. The summed E-state index contributed by atoms with van der Waals surface area (Å²) in [4.78, 5) is 15.6. The minimum atomic E-state index is -0.248. The van der Waals surface area contributed by atoms with E-state index in [1.165, 1.54) is 12.1 Å². The Morgan fingerprint density at radius 3 is 2.79 bits per heavy atom. The van der Waals surface area contributed by atoms with Gasteiger partial charge in [0.1, 0.15) is 5.82 Å². The molecule has 0 saturated carbocycles. The van der Waals surface area contributed by atoms with Crippen molar-refractivity contribution in [3.8, 4) is 5.69 Å². The number of aromatic nitrogens is 2. The van der Waals surface area contributed by atoms with E-state index >= 15 is 0 Å². The fraction of sp³-hybridized carbons (Fsp3) is 0.444. The standard InChI is InChI=1S/C18H23FN4O/c1-21(10-14-3-8-18(24)22(2)12-14)11-15-9-20-23(13-15)17-6-4-16(19)5-7-17/h4-7,9,13-14H,3,8,10-12H2,1-2H3. The highest BCUT2D eigenvalue weighted by Gasteiger charge is 2.23. The fourth-order valence-electron chi connectivity index (χ4n) is 3.24. The van der Waals surface area contributed by atoms with Crippen molar-refractivity contribution >= 4 is 5.91 Å². The molecule has 2 aromatic rings. The zero-order chi connectivity index (χ0) is 17.1. The molecule has 0 bridgehead atoms. The zero-order valence-corrected chi connectivity index (χ0v) is 14.2. The molecular formula is C18H23FN4O. The van der Waals surface area contributed by atoms with E-state index in [9.17, 15) is 9.18 Å². The number of likely N-dealkylation sites (tertiary alicyclic amines) is 1. The van der Waals surface area contributed by atoms with Gasteiger partial charge in [-0.1, -0.05) is 0 Å². The number of amides is 1. The molecular weight excluding hydrogens is 307 g/mol. The quantitative estimate of drug-likeness (QED) is 0.845. The lowest BCUT2D eigenvalue weighted by molar-refractivity contribution is -0.133. The van der Waals surface area contributed by atoms with Crippen LogP contribution in [0.25, 0.3) is 5.69 Å². The lowest BCUT2D eigenvalue weighted by atomic mass is 9.97. The van der Waals surface area contributed by atoms with Crippen molar-refractivity contribution in [2.45, 2.75) is 19.4 Å². The molecule has 24 heavy (non-hydrogen) atoms. The van der Waals surface area contributed by atoms with Crippen LogP contribution < -0.4 is 0 Å². The Balaban J connectivity index is 1.56. The van der Waals surface area contributed by atoms with Gasteiger partial charge in [-0.05, 0) is 43.7 Å². The second-order valence-electron chi connectivity index (χ2n) is 6.65. The Bertz CT molecular complexity index is 697. The third-order valence-electron chi connectivity index (χ3n) is 4.47. The van der Waals surface area contributed by atoms with E-state index in [-0.39, 0.29) is 11.7 Å². The smallest absolute Gasteiger partial charge is 0.222 e. The monoisotopic (exact) mass is 330 g/mol. The van der Waals surface area contributed by atoms with Gasteiger partial charge in [-0.2, -0.15) is 5.10 Å². The van der Waals surface area contributed by atoms with Gasteiger partial charge >= 0.3 is 0 Å². The molecule has 3 rings (SSSR count). The van der Waals surface area contributed by atoms with Crippen LogP contribution in [0.15, 0.2) is 36.7 Å². The molecule has 1 amide bonds. The first-order valence-electron chi connectivity index (χ1n) is 8.23. The molecule has 2 heterocycles. The van der Waals surface area contributed by atoms with Gasteiger partial charge in [-0.25, -0.2) is 9.07 Å². The summed E-state index contributed by atoms with van der Waals surface area (Å²) >= 11 is 0. The normalized spacial score (nSPS) is 18.4. The average molecular weight is 330 g/mol. The molecule has 1 aromatic carbocycles. The molecule has 128 valence electrons. The van der Waals surface area contributed by atoms with E-state index in [0.29, 0.717) is 12.3 Å². The van der Waals surface area contributed by atoms with Crippen molar-refractivity contribution in [1.29, 1.82) is 0 Å². The number of benzene rings is 1. The van der Waals surface area contributed by atoms with Crippen LogP contribution >= 0.6 is 0 Å². The van der Waals surface area contributed by atoms with Crippen molar-refractivity contribution in [2.75, 3.05) is 27.2 Å². The predicted molar refractivity (Wildman–Crippen MR) is 90.2 cm³/mol. The Hall–Kier alpha value is -2.21. The number of halogens is 1. The van der Waals surface area contributed by atoms with Gasteiger partial charge in [0.15, 0.2) is 0 Å². The largest absolute Gasteiger partial charge is 0.345 e. The molecule has 1 aliphatic rings. The first-order chi connectivity index (χ1) is 11.5. The van der Waals surface area contributed by atoms with Gasteiger partial charge in [0.2, 0.25) is 5.91 Å². The van der Waals surface area contributed by atoms with Gasteiger partial charge in [-0.3, -0.25) is 4.79 Å². The lowest BCUT2D eigenvalue weighted by Gasteiger charge is -2.32. The molecule has 1 saturated heterocycles. The Labute approximate surface area is 141 Å². The summed E-state index contributed by atoms with van der Waals surface area (Å²) in [6.07, 6.45) is 5.43. The highest BCUT2D eigenvalue weighted by atomic mass is 19.1. The van der Waals surface area contributed by atoms with E-state index in [4.69, 9.17) is 0 Å². The SMILES string of the molecule is CN(Cc1cnn(-c2ccc(F)cc2)c1)CC1CCC(=O)N(C)C1. The molecule has 0 N–H and O–H groups in total. The first-order valence-corrected chi connectivity index (χ1v) is 8.23. The maximum absolute atomic E-state index is 13.0. The van der Waals surface area contributed by atoms with Crippen LogP contribution in [0.3, 0.4) is 0 Å². The average Bonchev–Trinajstić information content (AvgIpc) is 3.00. The van der Waals surface area contributed by atoms with Crippen LogP contribution in [0, 0.1) is 11.7 Å². The minimum absolute atomic E-state index is 0.245. The van der Waals surface area contributed by atoms with Crippen molar-refractivity contribution in [3.63, 3.8) is 0 Å². The minimum Gasteiger partial charge on any atom is -0.345 e. The highest BCUT2D eigenvalue weighted by molar-refractivity contribution is 5.76. The summed E-state index contributed by atoms with van der Waals surface area (Å²) in [7, 11) is 3.97. The van der Waals surface area contributed by atoms with Crippen molar-refractivity contribution in [3.05, 3.63) is 48.0 Å². The Kier molecular flexibility index (Phi) is 4.94. The second kappa shape index (κ2) is 7.13. The molecule has 0 aliphatic carbocycles. The van der Waals surface area contributed by atoms with E-state index in [1.54, 1.807) is 16.8 Å². The topological polar surface area (TPSA) is 41.4 Å². The molecule has 1 aromatic heterocycles. The molecule has 0 spiro atoms. The highest BCUT2D eigenvalue weighted by Crippen LogP contribution is 2.18. The summed E-state index contributed by atoms with van der Waals surface area (Å²) in [5, 5.41) is 4.35. The maximum Gasteiger partial charge on any atom is 0.222 e. The predicted octanol–water partition coefficient (Wildman–Crippen LogP) is 2.31. The van der Waals surface area contributed by atoms with Crippen LogP contribution in [0.5, 0.6) is 0 Å². The van der Waals surface area contributed by atoms with Crippen LogP contribution in [-0.4, -0.2) is 52.7 Å². The Morgan fingerprint density at radius 2 is 2.08 bits per heavy atom. The van der Waals surface area contributed by atoms with Crippen LogP contribution in [0.2, 0.25) is 0 Å². The number of nitrogens with zero attached hydrogens (tertiary/aromatic N) is 4. The zero-order valence-electron chi connectivity index (χ0n) is 14.2. The molecule has 6 heteroatoms. The van der Waals surface area contributed by atoms with E-state index in [2.05, 4.69) is 17.0 Å². The van der Waals surface area contributed by atoms with Gasteiger partial charge < -0.3 is 9.80 Å². The fourth-order valence-corrected chi connectivity index (χ4v) is 3.24. The van der Waals surface area contributed by atoms with Crippen molar-refractivity contribution < 1.29 is 9.18 Å². The molecule has 1 unspecified atom stereocenters. The van der Waals surface area contributed by atoms with E-state index in [0.717, 1.165) is 37.3 Å². The maximum atomic E-state index is 13.0. The second-order valence-corrected chi connectivity index (χ2v) is 6.65. The van der Waals surface area contributed by atoms with Gasteiger partial charge in [-0.15, -0.1) is 0 Å². The van der Waals surface area contributed by atoms with E-state index < -0.39 is 0 Å². The number of rotatable bonds is 5. The Morgan fingerprint density at radius 1 is 1.33 bits per heavy atom. The summed E-state index contributed by atoms with van der Waals surface area (Å²) in [6.45, 7) is 2.59. The van der Waals surface area contributed by atoms with Gasteiger partial charge in [0.05, 0.1) is 11.9 Å². The van der Waals surface area contributed by atoms with Crippen molar-refractivity contribution in [1.82, 2.24) is 19.6 Å². The van der Waals surface area contributed by atoms with Crippen LogP contribution in [0.4, 0.5) is 4.39 Å². The summed E-state index contributed by atoms with van der Waals surface area (Å²) in [5.41, 5.74) is 1.96. The number of hydrogen-bond acceptors (Lipinski definition) is 3. The molecule has 1 atom stereocenters. The van der Waals surface area contributed by atoms with Crippen LogP contribution in [0.1, 0.15) is 18.4 Å².